The summed E-state index contributed by atoms with van der Waals surface area (Å²) in [5.41, 5.74) is 2.31. The molecule has 1 aromatic heterocycles. The minimum Gasteiger partial charge on any atom is -0.456 e. The van der Waals surface area contributed by atoms with Gasteiger partial charge in [-0.3, -0.25) is 4.79 Å². The maximum atomic E-state index is 12.0. The minimum absolute atomic E-state index is 0.0535. The van der Waals surface area contributed by atoms with Crippen LogP contribution < -0.4 is 5.32 Å². The molecule has 0 saturated carbocycles. The number of benzene rings is 2. The van der Waals surface area contributed by atoms with Crippen LogP contribution in [-0.4, -0.2) is 11.9 Å². The van der Waals surface area contributed by atoms with Crippen molar-refractivity contribution < 1.29 is 9.21 Å². The summed E-state index contributed by atoms with van der Waals surface area (Å²) >= 11 is 0. The summed E-state index contributed by atoms with van der Waals surface area (Å²) in [5, 5.41) is 4.91. The van der Waals surface area contributed by atoms with E-state index in [1.807, 2.05) is 50.2 Å². The van der Waals surface area contributed by atoms with Crippen LogP contribution in [0.1, 0.15) is 24.2 Å². The van der Waals surface area contributed by atoms with Crippen LogP contribution in [0.4, 0.5) is 0 Å². The van der Waals surface area contributed by atoms with Crippen molar-refractivity contribution in [2.45, 2.75) is 19.9 Å². The van der Waals surface area contributed by atoms with E-state index in [1.165, 1.54) is 0 Å². The number of rotatable bonds is 2. The summed E-state index contributed by atoms with van der Waals surface area (Å²) < 4.78 is 5.74. The van der Waals surface area contributed by atoms with Gasteiger partial charge in [-0.15, -0.1) is 0 Å². The Hall–Kier alpha value is -2.29. The second kappa shape index (κ2) is 4.43. The van der Waals surface area contributed by atoms with E-state index in [9.17, 15) is 4.79 Å². The Bertz CT molecular complexity index is 756. The molecule has 3 rings (SSSR count). The van der Waals surface area contributed by atoms with Crippen LogP contribution in [0, 0.1) is 0 Å². The van der Waals surface area contributed by atoms with Crippen LogP contribution in [0.2, 0.25) is 0 Å². The van der Waals surface area contributed by atoms with Gasteiger partial charge in [-0.05, 0) is 38.1 Å². The monoisotopic (exact) mass is 253 g/mol. The normalized spacial score (nSPS) is 11.3. The van der Waals surface area contributed by atoms with Crippen LogP contribution in [0.25, 0.3) is 21.9 Å². The topological polar surface area (TPSA) is 42.2 Å². The standard InChI is InChI=1S/C16H15NO2/c1-10(2)17-16(18)11-7-8-15-13(9-11)12-5-3-4-6-14(12)19-15/h3-10H,1-2H3,(H,17,18). The first-order valence-corrected chi connectivity index (χ1v) is 6.37. The van der Waals surface area contributed by atoms with Gasteiger partial charge in [0.05, 0.1) is 0 Å². The van der Waals surface area contributed by atoms with Gasteiger partial charge in [0.25, 0.3) is 5.91 Å². The van der Waals surface area contributed by atoms with E-state index < -0.39 is 0 Å². The lowest BCUT2D eigenvalue weighted by Gasteiger charge is -2.07. The van der Waals surface area contributed by atoms with Crippen molar-refractivity contribution in [2.24, 2.45) is 0 Å². The molecule has 1 amide bonds. The SMILES string of the molecule is CC(C)NC(=O)c1ccc2oc3ccccc3c2c1. The van der Waals surface area contributed by atoms with Gasteiger partial charge in [0.2, 0.25) is 0 Å². The fourth-order valence-electron chi connectivity index (χ4n) is 2.21. The summed E-state index contributed by atoms with van der Waals surface area (Å²) in [5.74, 6) is -0.0535. The number of carbonyl (C=O) groups is 1. The molecule has 0 atom stereocenters. The number of nitrogens with one attached hydrogen (secondary N) is 1. The zero-order valence-electron chi connectivity index (χ0n) is 10.9. The summed E-state index contributed by atoms with van der Waals surface area (Å²) in [4.78, 5) is 12.0. The lowest BCUT2D eigenvalue weighted by atomic mass is 10.1. The molecule has 19 heavy (non-hydrogen) atoms. The van der Waals surface area contributed by atoms with Crippen molar-refractivity contribution >= 4 is 27.8 Å². The first kappa shape index (κ1) is 11.8. The quantitative estimate of drug-likeness (QED) is 0.756. The van der Waals surface area contributed by atoms with Crippen LogP contribution in [-0.2, 0) is 0 Å². The van der Waals surface area contributed by atoms with Crippen molar-refractivity contribution in [1.82, 2.24) is 5.32 Å². The first-order valence-electron chi connectivity index (χ1n) is 6.37. The molecular weight excluding hydrogens is 238 g/mol. The highest BCUT2D eigenvalue weighted by molar-refractivity contribution is 6.08. The van der Waals surface area contributed by atoms with E-state index >= 15 is 0 Å². The maximum Gasteiger partial charge on any atom is 0.251 e. The number of furan rings is 1. The van der Waals surface area contributed by atoms with Crippen molar-refractivity contribution in [2.75, 3.05) is 0 Å². The van der Waals surface area contributed by atoms with E-state index in [2.05, 4.69) is 5.32 Å². The summed E-state index contributed by atoms with van der Waals surface area (Å²) in [6.45, 7) is 3.90. The van der Waals surface area contributed by atoms with Gasteiger partial charge < -0.3 is 9.73 Å². The minimum atomic E-state index is -0.0535. The maximum absolute atomic E-state index is 12.0. The Labute approximate surface area is 111 Å². The second-order valence-corrected chi connectivity index (χ2v) is 4.94. The average molecular weight is 253 g/mol. The Morgan fingerprint density at radius 1 is 1.05 bits per heavy atom. The summed E-state index contributed by atoms with van der Waals surface area (Å²) in [6.07, 6.45) is 0. The molecule has 0 aliphatic rings. The molecule has 2 aromatic carbocycles. The molecular formula is C16H15NO2. The van der Waals surface area contributed by atoms with Gasteiger partial charge in [-0.2, -0.15) is 0 Å². The molecule has 0 aliphatic heterocycles. The summed E-state index contributed by atoms with van der Waals surface area (Å²) in [6, 6.07) is 13.5. The molecule has 0 spiro atoms. The molecule has 3 nitrogen and oxygen atoms in total. The molecule has 1 N–H and O–H groups in total. The highest BCUT2D eigenvalue weighted by Gasteiger charge is 2.11. The van der Waals surface area contributed by atoms with E-state index in [4.69, 9.17) is 4.42 Å². The highest BCUT2D eigenvalue weighted by atomic mass is 16.3. The molecule has 3 heteroatoms. The molecule has 3 aromatic rings. The van der Waals surface area contributed by atoms with Crippen LogP contribution in [0.3, 0.4) is 0 Å². The van der Waals surface area contributed by atoms with Gasteiger partial charge in [-0.25, -0.2) is 0 Å². The first-order chi connectivity index (χ1) is 9.15. The Balaban J connectivity index is 2.14. The van der Waals surface area contributed by atoms with E-state index in [1.54, 1.807) is 6.07 Å². The largest absolute Gasteiger partial charge is 0.456 e. The summed E-state index contributed by atoms with van der Waals surface area (Å²) in [7, 11) is 0. The Kier molecular flexibility index (Phi) is 2.75. The number of hydrogen-bond donors (Lipinski definition) is 1. The van der Waals surface area contributed by atoms with Gasteiger partial charge in [0.1, 0.15) is 11.2 Å². The lowest BCUT2D eigenvalue weighted by molar-refractivity contribution is 0.0943. The highest BCUT2D eigenvalue weighted by Crippen LogP contribution is 2.29. The fourth-order valence-corrected chi connectivity index (χ4v) is 2.21. The van der Waals surface area contributed by atoms with Crippen LogP contribution >= 0.6 is 0 Å². The Morgan fingerprint density at radius 2 is 1.79 bits per heavy atom. The smallest absolute Gasteiger partial charge is 0.251 e. The average Bonchev–Trinajstić information content (AvgIpc) is 2.75. The molecule has 0 aliphatic carbocycles. The van der Waals surface area contributed by atoms with Crippen molar-refractivity contribution in [1.29, 1.82) is 0 Å². The second-order valence-electron chi connectivity index (χ2n) is 4.94. The van der Waals surface area contributed by atoms with Gasteiger partial charge in [0, 0.05) is 22.4 Å². The Morgan fingerprint density at radius 3 is 2.58 bits per heavy atom. The lowest BCUT2D eigenvalue weighted by Crippen LogP contribution is -2.29. The van der Waals surface area contributed by atoms with Crippen molar-refractivity contribution in [3.63, 3.8) is 0 Å². The number of amides is 1. The molecule has 0 bridgehead atoms. The van der Waals surface area contributed by atoms with E-state index in [-0.39, 0.29) is 11.9 Å². The molecule has 96 valence electrons. The number of para-hydroxylation sites is 1. The zero-order chi connectivity index (χ0) is 13.4. The molecule has 0 fully saturated rings. The third kappa shape index (κ3) is 2.08. The van der Waals surface area contributed by atoms with Gasteiger partial charge in [-0.1, -0.05) is 18.2 Å². The molecule has 0 saturated heterocycles. The van der Waals surface area contributed by atoms with Crippen molar-refractivity contribution in [3.8, 4) is 0 Å². The number of fused-ring (bicyclic) bond motifs is 3. The molecule has 0 radical (unpaired) electrons. The van der Waals surface area contributed by atoms with E-state index in [0.29, 0.717) is 5.56 Å². The fraction of sp³-hybridized carbons (Fsp3) is 0.188. The zero-order valence-corrected chi connectivity index (χ0v) is 10.9. The predicted molar refractivity (Wildman–Crippen MR) is 76.3 cm³/mol. The number of hydrogen-bond acceptors (Lipinski definition) is 2. The third-order valence-corrected chi connectivity index (χ3v) is 3.06. The van der Waals surface area contributed by atoms with Gasteiger partial charge >= 0.3 is 0 Å². The van der Waals surface area contributed by atoms with E-state index in [0.717, 1.165) is 21.9 Å². The third-order valence-electron chi connectivity index (χ3n) is 3.06. The number of carbonyl (C=O) groups excluding carboxylic acids is 1. The van der Waals surface area contributed by atoms with Crippen LogP contribution in [0.15, 0.2) is 46.9 Å². The predicted octanol–water partition coefficient (Wildman–Crippen LogP) is 3.72. The van der Waals surface area contributed by atoms with Gasteiger partial charge in [0.15, 0.2) is 0 Å². The van der Waals surface area contributed by atoms with Crippen LogP contribution in [0.5, 0.6) is 0 Å². The molecule has 1 heterocycles. The molecule has 0 unspecified atom stereocenters. The van der Waals surface area contributed by atoms with Crippen molar-refractivity contribution in [3.05, 3.63) is 48.0 Å².